The van der Waals surface area contributed by atoms with Crippen LogP contribution in [0.2, 0.25) is 0 Å². The van der Waals surface area contributed by atoms with Gasteiger partial charge in [-0.25, -0.2) is 0 Å². The lowest BCUT2D eigenvalue weighted by atomic mass is 9.82. The number of anilines is 2. The van der Waals surface area contributed by atoms with E-state index >= 15 is 0 Å². The number of hydrogen-bond acceptors (Lipinski definition) is 4. The molecule has 2 amide bonds. The van der Waals surface area contributed by atoms with Crippen LogP contribution in [0.3, 0.4) is 0 Å². The SMILES string of the molecule is CC(Sc1cccc(NC(=O)C2CC=CCC2C(=O)O)c1)C(=O)Nc1ccc2ccccc2c1. The molecule has 0 aromatic heterocycles. The second-order valence-corrected chi connectivity index (χ2v) is 9.74. The molecular weight excluding hydrogens is 448 g/mol. The van der Waals surface area contributed by atoms with Crippen molar-refractivity contribution >= 4 is 51.7 Å². The number of amides is 2. The van der Waals surface area contributed by atoms with Crippen LogP contribution in [0.1, 0.15) is 19.8 Å². The number of hydrogen-bond donors (Lipinski definition) is 3. The molecule has 0 radical (unpaired) electrons. The standard InChI is InChI=1S/C27H26N2O4S/c1-17(25(30)28-21-14-13-18-7-2-3-8-19(18)15-21)34-22-10-6-9-20(16-22)29-26(31)23-11-4-5-12-24(23)27(32)33/h2-10,13-17,23-24H,11-12H2,1H3,(H,28,30)(H,29,31)(H,32,33). The Labute approximate surface area is 202 Å². The average molecular weight is 475 g/mol. The Bertz CT molecular complexity index is 1260. The molecule has 0 aliphatic heterocycles. The first-order valence-electron chi connectivity index (χ1n) is 11.2. The van der Waals surface area contributed by atoms with Crippen LogP contribution >= 0.6 is 11.8 Å². The number of carboxylic acids is 1. The zero-order valence-electron chi connectivity index (χ0n) is 18.7. The fraction of sp³-hybridized carbons (Fsp3) is 0.222. The number of nitrogens with one attached hydrogen (secondary N) is 2. The predicted octanol–water partition coefficient (Wildman–Crippen LogP) is 5.56. The van der Waals surface area contributed by atoms with Crippen LogP contribution < -0.4 is 10.6 Å². The smallest absolute Gasteiger partial charge is 0.307 e. The normalized spacial score (nSPS) is 18.3. The number of carbonyl (C=O) groups excluding carboxylic acids is 2. The highest BCUT2D eigenvalue weighted by atomic mass is 32.2. The zero-order valence-corrected chi connectivity index (χ0v) is 19.5. The minimum absolute atomic E-state index is 0.118. The van der Waals surface area contributed by atoms with E-state index in [9.17, 15) is 19.5 Å². The molecule has 4 rings (SSSR count). The second-order valence-electron chi connectivity index (χ2n) is 8.32. The third-order valence-corrected chi connectivity index (χ3v) is 6.98. The summed E-state index contributed by atoms with van der Waals surface area (Å²) in [7, 11) is 0. The quantitative estimate of drug-likeness (QED) is 0.308. The third kappa shape index (κ3) is 5.66. The molecule has 1 aliphatic rings. The summed E-state index contributed by atoms with van der Waals surface area (Å²) in [6.07, 6.45) is 4.42. The van der Waals surface area contributed by atoms with Gasteiger partial charge in [0.05, 0.1) is 17.1 Å². The summed E-state index contributed by atoms with van der Waals surface area (Å²) in [4.78, 5) is 37.8. The number of aliphatic carboxylic acids is 1. The molecule has 0 bridgehead atoms. The maximum atomic E-state index is 12.8. The van der Waals surface area contributed by atoms with E-state index in [0.717, 1.165) is 21.4 Å². The fourth-order valence-corrected chi connectivity index (χ4v) is 4.95. The Morgan fingerprint density at radius 2 is 1.56 bits per heavy atom. The largest absolute Gasteiger partial charge is 0.481 e. The second kappa shape index (κ2) is 10.6. The molecule has 1 aliphatic carbocycles. The summed E-state index contributed by atoms with van der Waals surface area (Å²) >= 11 is 1.39. The van der Waals surface area contributed by atoms with Gasteiger partial charge in [0.1, 0.15) is 0 Å². The number of rotatable bonds is 7. The first-order valence-corrected chi connectivity index (χ1v) is 12.0. The van der Waals surface area contributed by atoms with E-state index in [1.54, 1.807) is 18.2 Å². The van der Waals surface area contributed by atoms with E-state index in [4.69, 9.17) is 0 Å². The number of carboxylic acid groups (broad SMARTS) is 1. The van der Waals surface area contributed by atoms with Crippen molar-refractivity contribution in [3.63, 3.8) is 0 Å². The van der Waals surface area contributed by atoms with Gasteiger partial charge in [-0.05, 0) is 60.9 Å². The van der Waals surface area contributed by atoms with E-state index in [-0.39, 0.29) is 17.1 Å². The zero-order chi connectivity index (χ0) is 24.1. The molecule has 3 aromatic carbocycles. The highest BCUT2D eigenvalue weighted by Gasteiger charge is 2.34. The van der Waals surface area contributed by atoms with Crippen molar-refractivity contribution in [3.05, 3.63) is 78.9 Å². The minimum Gasteiger partial charge on any atom is -0.481 e. The first kappa shape index (κ1) is 23.6. The number of benzene rings is 3. The van der Waals surface area contributed by atoms with Gasteiger partial charge < -0.3 is 15.7 Å². The lowest BCUT2D eigenvalue weighted by molar-refractivity contribution is -0.146. The Balaban J connectivity index is 1.38. The summed E-state index contributed by atoms with van der Waals surface area (Å²) in [5.74, 6) is -2.71. The Kier molecular flexibility index (Phi) is 7.33. The molecule has 34 heavy (non-hydrogen) atoms. The Morgan fingerprint density at radius 1 is 0.853 bits per heavy atom. The molecule has 7 heteroatoms. The maximum Gasteiger partial charge on any atom is 0.307 e. The molecular formula is C27H26N2O4S. The molecule has 6 nitrogen and oxygen atoms in total. The van der Waals surface area contributed by atoms with Gasteiger partial charge in [-0.2, -0.15) is 0 Å². The Morgan fingerprint density at radius 3 is 2.32 bits per heavy atom. The van der Waals surface area contributed by atoms with Crippen LogP contribution in [0, 0.1) is 11.8 Å². The van der Waals surface area contributed by atoms with E-state index in [1.807, 2.05) is 67.6 Å². The van der Waals surface area contributed by atoms with Gasteiger partial charge in [0, 0.05) is 16.3 Å². The van der Waals surface area contributed by atoms with E-state index < -0.39 is 17.8 Å². The van der Waals surface area contributed by atoms with Gasteiger partial charge in [0.15, 0.2) is 0 Å². The number of carbonyl (C=O) groups is 3. The van der Waals surface area contributed by atoms with Crippen molar-refractivity contribution < 1.29 is 19.5 Å². The number of fused-ring (bicyclic) bond motifs is 1. The van der Waals surface area contributed by atoms with Gasteiger partial charge in [-0.1, -0.05) is 48.6 Å². The minimum atomic E-state index is -0.958. The lowest BCUT2D eigenvalue weighted by Gasteiger charge is -2.24. The summed E-state index contributed by atoms with van der Waals surface area (Å²) in [5.41, 5.74) is 1.32. The predicted molar refractivity (Wildman–Crippen MR) is 136 cm³/mol. The topological polar surface area (TPSA) is 95.5 Å². The third-order valence-electron chi connectivity index (χ3n) is 5.89. The van der Waals surface area contributed by atoms with Crippen molar-refractivity contribution in [3.8, 4) is 0 Å². The van der Waals surface area contributed by atoms with Gasteiger partial charge in [0.2, 0.25) is 11.8 Å². The van der Waals surface area contributed by atoms with E-state index in [2.05, 4.69) is 10.6 Å². The van der Waals surface area contributed by atoms with Crippen molar-refractivity contribution in [1.29, 1.82) is 0 Å². The molecule has 0 saturated heterocycles. The molecule has 0 heterocycles. The van der Waals surface area contributed by atoms with Crippen LogP contribution in [-0.2, 0) is 14.4 Å². The van der Waals surface area contributed by atoms with Crippen LogP contribution in [0.15, 0.2) is 83.8 Å². The first-order chi connectivity index (χ1) is 16.4. The summed E-state index contributed by atoms with van der Waals surface area (Å²) < 4.78 is 0. The van der Waals surface area contributed by atoms with Gasteiger partial charge in [0.25, 0.3) is 0 Å². The summed E-state index contributed by atoms with van der Waals surface area (Å²) in [5, 5.41) is 17.0. The van der Waals surface area contributed by atoms with Crippen molar-refractivity contribution in [2.24, 2.45) is 11.8 Å². The number of allylic oxidation sites excluding steroid dienone is 2. The average Bonchev–Trinajstić information content (AvgIpc) is 2.84. The summed E-state index contributed by atoms with van der Waals surface area (Å²) in [6, 6.07) is 21.0. The number of thioether (sulfide) groups is 1. The van der Waals surface area contributed by atoms with Crippen molar-refractivity contribution in [2.45, 2.75) is 29.9 Å². The molecule has 3 aromatic rings. The molecule has 0 saturated carbocycles. The highest BCUT2D eigenvalue weighted by Crippen LogP contribution is 2.30. The van der Waals surface area contributed by atoms with Crippen LogP contribution in [0.5, 0.6) is 0 Å². The van der Waals surface area contributed by atoms with Gasteiger partial charge >= 0.3 is 5.97 Å². The molecule has 3 unspecified atom stereocenters. The maximum absolute atomic E-state index is 12.8. The van der Waals surface area contributed by atoms with Gasteiger partial charge in [-0.15, -0.1) is 11.8 Å². The molecule has 0 fully saturated rings. The van der Waals surface area contributed by atoms with Gasteiger partial charge in [-0.3, -0.25) is 14.4 Å². The molecule has 174 valence electrons. The lowest BCUT2D eigenvalue weighted by Crippen LogP contribution is -2.34. The van der Waals surface area contributed by atoms with E-state index in [1.165, 1.54) is 11.8 Å². The van der Waals surface area contributed by atoms with Crippen molar-refractivity contribution in [1.82, 2.24) is 0 Å². The van der Waals surface area contributed by atoms with Crippen LogP contribution in [0.4, 0.5) is 11.4 Å². The Hall–Kier alpha value is -3.58. The fourth-order valence-electron chi connectivity index (χ4n) is 4.03. The molecule has 3 N–H and O–H groups in total. The summed E-state index contributed by atoms with van der Waals surface area (Å²) in [6.45, 7) is 1.83. The van der Waals surface area contributed by atoms with Crippen LogP contribution in [-0.4, -0.2) is 28.1 Å². The van der Waals surface area contributed by atoms with Crippen LogP contribution in [0.25, 0.3) is 10.8 Å². The van der Waals surface area contributed by atoms with Crippen molar-refractivity contribution in [2.75, 3.05) is 10.6 Å². The monoisotopic (exact) mass is 474 g/mol. The highest BCUT2D eigenvalue weighted by molar-refractivity contribution is 8.00. The molecule has 0 spiro atoms. The molecule has 3 atom stereocenters. The van der Waals surface area contributed by atoms with E-state index in [0.29, 0.717) is 18.5 Å².